The van der Waals surface area contributed by atoms with Crippen molar-refractivity contribution in [2.24, 2.45) is 5.73 Å². The summed E-state index contributed by atoms with van der Waals surface area (Å²) in [5.41, 5.74) is 5.40. The summed E-state index contributed by atoms with van der Waals surface area (Å²) >= 11 is 0. The number of esters is 2. The predicted molar refractivity (Wildman–Crippen MR) is 345 cm³/mol. The highest BCUT2D eigenvalue weighted by Crippen LogP contribution is 2.43. The molecule has 0 fully saturated rings. The standard InChI is InChI=1S/C70H138NO8P/c1-3-5-7-9-11-13-15-17-19-21-23-24-25-26-27-28-29-30-31-32-33-34-35-36-37-38-39-40-41-42-43-44-45-47-49-51-53-55-57-59-61-63-70(73)79-68(67-78-80(74,75)77-65-64-71)66-76-69(72)62-60-58-56-54-52-50-48-46-22-20-18-16-14-12-10-8-6-4-2/h21,23,68H,3-20,22,24-67,71H2,1-2H3,(H,74,75)/b23-21-. The molecular weight excluding hydrogens is 1010 g/mol. The van der Waals surface area contributed by atoms with Crippen molar-refractivity contribution >= 4 is 19.8 Å². The predicted octanol–water partition coefficient (Wildman–Crippen LogP) is 23.1. The molecule has 2 unspecified atom stereocenters. The number of phosphoric acid groups is 1. The molecule has 2 atom stereocenters. The number of allylic oxidation sites excluding steroid dienone is 2. The number of carbonyl (C=O) groups is 2. The zero-order valence-electron chi connectivity index (χ0n) is 53.6. The molecule has 0 rings (SSSR count). The molecule has 0 saturated carbocycles. The Morgan fingerprint density at radius 3 is 0.887 bits per heavy atom. The monoisotopic (exact) mass is 1150 g/mol. The van der Waals surface area contributed by atoms with Crippen LogP contribution in [0.5, 0.6) is 0 Å². The summed E-state index contributed by atoms with van der Waals surface area (Å²) in [4.78, 5) is 35.3. The maximum Gasteiger partial charge on any atom is 0.472 e. The lowest BCUT2D eigenvalue weighted by molar-refractivity contribution is -0.161. The Kier molecular flexibility index (Phi) is 65.8. The van der Waals surface area contributed by atoms with E-state index in [2.05, 4.69) is 26.0 Å². The lowest BCUT2D eigenvalue weighted by atomic mass is 10.0. The normalized spacial score (nSPS) is 12.9. The molecule has 0 spiro atoms. The molecule has 476 valence electrons. The van der Waals surface area contributed by atoms with Gasteiger partial charge < -0.3 is 20.1 Å². The van der Waals surface area contributed by atoms with Crippen LogP contribution in [0.25, 0.3) is 0 Å². The fourth-order valence-electron chi connectivity index (χ4n) is 11.1. The molecule has 0 aromatic heterocycles. The second-order valence-corrected chi connectivity index (χ2v) is 25.9. The third-order valence-corrected chi connectivity index (χ3v) is 17.4. The first-order valence-electron chi connectivity index (χ1n) is 35.7. The van der Waals surface area contributed by atoms with Crippen LogP contribution in [0.15, 0.2) is 12.2 Å². The molecule has 80 heavy (non-hydrogen) atoms. The molecule has 0 radical (unpaired) electrons. The van der Waals surface area contributed by atoms with E-state index in [0.29, 0.717) is 6.42 Å². The minimum Gasteiger partial charge on any atom is -0.462 e. The zero-order chi connectivity index (χ0) is 58.0. The highest BCUT2D eigenvalue weighted by molar-refractivity contribution is 7.47. The second-order valence-electron chi connectivity index (χ2n) is 24.5. The van der Waals surface area contributed by atoms with Gasteiger partial charge >= 0.3 is 19.8 Å². The van der Waals surface area contributed by atoms with Gasteiger partial charge in [-0.15, -0.1) is 0 Å². The molecule has 0 aliphatic rings. The number of ether oxygens (including phenoxy) is 2. The average Bonchev–Trinajstić information content (AvgIpc) is 3.45. The van der Waals surface area contributed by atoms with Crippen LogP contribution in [-0.4, -0.2) is 49.3 Å². The Balaban J connectivity index is 3.70. The molecule has 0 aliphatic heterocycles. The fourth-order valence-corrected chi connectivity index (χ4v) is 11.9. The summed E-state index contributed by atoms with van der Waals surface area (Å²) in [7, 11) is -4.38. The van der Waals surface area contributed by atoms with Crippen molar-refractivity contribution < 1.29 is 37.6 Å². The van der Waals surface area contributed by atoms with E-state index in [9.17, 15) is 19.0 Å². The molecule has 10 heteroatoms. The first kappa shape index (κ1) is 78.8. The Bertz CT molecular complexity index is 1320. The summed E-state index contributed by atoms with van der Waals surface area (Å²) < 4.78 is 33.1. The van der Waals surface area contributed by atoms with E-state index in [1.54, 1.807) is 0 Å². The number of carbonyl (C=O) groups excluding carboxylic acids is 2. The van der Waals surface area contributed by atoms with Gasteiger partial charge in [0.05, 0.1) is 13.2 Å². The number of phosphoric ester groups is 1. The minimum absolute atomic E-state index is 0.0581. The largest absolute Gasteiger partial charge is 0.472 e. The number of unbranched alkanes of at least 4 members (excludes halogenated alkanes) is 54. The van der Waals surface area contributed by atoms with Gasteiger partial charge in [-0.25, -0.2) is 4.57 Å². The number of rotatable bonds is 69. The van der Waals surface area contributed by atoms with Crippen LogP contribution in [0.1, 0.15) is 393 Å². The molecule has 0 aliphatic carbocycles. The summed E-state index contributed by atoms with van der Waals surface area (Å²) in [6.45, 7) is 3.83. The fraction of sp³-hybridized carbons (Fsp3) is 0.943. The van der Waals surface area contributed by atoms with E-state index in [1.165, 1.54) is 327 Å². The third-order valence-electron chi connectivity index (χ3n) is 16.4. The van der Waals surface area contributed by atoms with Crippen molar-refractivity contribution in [2.75, 3.05) is 26.4 Å². The second kappa shape index (κ2) is 66.9. The van der Waals surface area contributed by atoms with E-state index in [1.807, 2.05) is 0 Å². The molecular formula is C70H138NO8P. The van der Waals surface area contributed by atoms with Gasteiger partial charge in [0.25, 0.3) is 0 Å². The van der Waals surface area contributed by atoms with Gasteiger partial charge in [-0.05, 0) is 38.5 Å². The smallest absolute Gasteiger partial charge is 0.462 e. The van der Waals surface area contributed by atoms with Crippen molar-refractivity contribution in [3.05, 3.63) is 12.2 Å². The quantitative estimate of drug-likeness (QED) is 0.0264. The van der Waals surface area contributed by atoms with Crippen LogP contribution in [0.2, 0.25) is 0 Å². The van der Waals surface area contributed by atoms with Gasteiger partial charge in [0, 0.05) is 19.4 Å². The average molecular weight is 1150 g/mol. The van der Waals surface area contributed by atoms with Crippen molar-refractivity contribution in [3.8, 4) is 0 Å². The van der Waals surface area contributed by atoms with Gasteiger partial charge in [0.1, 0.15) is 6.61 Å². The minimum atomic E-state index is -4.38. The highest BCUT2D eigenvalue weighted by Gasteiger charge is 2.26. The van der Waals surface area contributed by atoms with E-state index >= 15 is 0 Å². The summed E-state index contributed by atoms with van der Waals surface area (Å²) in [5, 5.41) is 0. The van der Waals surface area contributed by atoms with Crippen LogP contribution in [0.4, 0.5) is 0 Å². The number of nitrogens with two attached hydrogens (primary N) is 1. The molecule has 0 heterocycles. The molecule has 0 aromatic rings. The third kappa shape index (κ3) is 65.9. The van der Waals surface area contributed by atoms with E-state index in [0.717, 1.165) is 32.1 Å². The van der Waals surface area contributed by atoms with Crippen molar-refractivity contribution in [3.63, 3.8) is 0 Å². The van der Waals surface area contributed by atoms with E-state index in [-0.39, 0.29) is 38.6 Å². The number of hydrogen-bond acceptors (Lipinski definition) is 8. The van der Waals surface area contributed by atoms with Crippen LogP contribution in [0.3, 0.4) is 0 Å². The molecule has 0 aromatic carbocycles. The topological polar surface area (TPSA) is 134 Å². The lowest BCUT2D eigenvalue weighted by Gasteiger charge is -2.19. The maximum atomic E-state index is 12.7. The molecule has 0 bridgehead atoms. The molecule has 9 nitrogen and oxygen atoms in total. The highest BCUT2D eigenvalue weighted by atomic mass is 31.2. The van der Waals surface area contributed by atoms with Gasteiger partial charge in [0.2, 0.25) is 0 Å². The van der Waals surface area contributed by atoms with Gasteiger partial charge in [-0.3, -0.25) is 18.6 Å². The SMILES string of the molecule is CCCCCCCCCC/C=C\CCCCCCCCCCCCCCCCCCCCCCCCCCCCCCCC(=O)OC(COC(=O)CCCCCCCCCCCCCCCCCCCC)COP(=O)(O)OCCN. The van der Waals surface area contributed by atoms with Crippen molar-refractivity contribution in [2.45, 2.75) is 399 Å². The van der Waals surface area contributed by atoms with Gasteiger partial charge in [0.15, 0.2) is 6.10 Å². The van der Waals surface area contributed by atoms with Gasteiger partial charge in [-0.2, -0.15) is 0 Å². The summed E-state index contributed by atoms with van der Waals surface area (Å²) in [5.74, 6) is -0.801. The Labute approximate surface area is 498 Å². The Morgan fingerprint density at radius 1 is 0.362 bits per heavy atom. The molecule has 3 N–H and O–H groups in total. The lowest BCUT2D eigenvalue weighted by Crippen LogP contribution is -2.29. The van der Waals surface area contributed by atoms with Crippen LogP contribution in [0, 0.1) is 0 Å². The Hall–Kier alpha value is -1.25. The first-order valence-corrected chi connectivity index (χ1v) is 37.2. The molecule has 0 saturated heterocycles. The van der Waals surface area contributed by atoms with Crippen molar-refractivity contribution in [1.29, 1.82) is 0 Å². The summed E-state index contributed by atoms with van der Waals surface area (Å²) in [6.07, 6.45) is 80.5. The number of hydrogen-bond donors (Lipinski definition) is 2. The Morgan fingerprint density at radius 2 is 0.613 bits per heavy atom. The molecule has 0 amide bonds. The van der Waals surface area contributed by atoms with E-state index in [4.69, 9.17) is 24.3 Å². The summed E-state index contributed by atoms with van der Waals surface area (Å²) in [6, 6.07) is 0. The van der Waals surface area contributed by atoms with Crippen LogP contribution >= 0.6 is 7.82 Å². The zero-order valence-corrected chi connectivity index (χ0v) is 54.5. The van der Waals surface area contributed by atoms with Crippen LogP contribution < -0.4 is 5.73 Å². The van der Waals surface area contributed by atoms with Crippen LogP contribution in [-0.2, 0) is 32.7 Å². The van der Waals surface area contributed by atoms with Gasteiger partial charge in [-0.1, -0.05) is 353 Å². The first-order chi connectivity index (χ1) is 39.3. The van der Waals surface area contributed by atoms with E-state index < -0.39 is 26.5 Å². The van der Waals surface area contributed by atoms with Crippen molar-refractivity contribution in [1.82, 2.24) is 0 Å². The maximum absolute atomic E-state index is 12.7.